The fraction of sp³-hybridized carbons (Fsp3) is 0.654. The van der Waals surface area contributed by atoms with Crippen LogP contribution >= 0.6 is 0 Å². The maximum atomic E-state index is 14.0. The summed E-state index contributed by atoms with van der Waals surface area (Å²) in [6.45, 7) is 5.59. The lowest BCUT2D eigenvalue weighted by atomic mass is 9.66. The zero-order valence-corrected chi connectivity index (χ0v) is 20.5. The number of nitrogens with zero attached hydrogens (tertiary/aromatic N) is 1. The van der Waals surface area contributed by atoms with Gasteiger partial charge in [0.05, 0.1) is 30.1 Å². The van der Waals surface area contributed by atoms with Gasteiger partial charge in [-0.15, -0.1) is 0 Å². The molecule has 186 valence electrons. The van der Waals surface area contributed by atoms with E-state index in [4.69, 9.17) is 4.74 Å². The predicted octanol–water partition coefficient (Wildman–Crippen LogP) is 1.41. The molecule has 3 saturated heterocycles. The molecule has 4 rings (SSSR count). The van der Waals surface area contributed by atoms with Crippen molar-refractivity contribution in [2.45, 2.75) is 82.2 Å². The van der Waals surface area contributed by atoms with Crippen LogP contribution in [-0.4, -0.2) is 70.7 Å². The fourth-order valence-corrected chi connectivity index (χ4v) is 6.58. The molecule has 3 aliphatic heterocycles. The molecule has 34 heavy (non-hydrogen) atoms. The van der Waals surface area contributed by atoms with Crippen LogP contribution in [0, 0.1) is 11.8 Å². The van der Waals surface area contributed by atoms with E-state index in [2.05, 4.69) is 17.6 Å². The molecule has 8 nitrogen and oxygen atoms in total. The second-order valence-corrected chi connectivity index (χ2v) is 10.3. The van der Waals surface area contributed by atoms with Crippen LogP contribution in [0.5, 0.6) is 0 Å². The lowest BCUT2D eigenvalue weighted by Gasteiger charge is -2.37. The number of likely N-dealkylation sites (tertiary alicyclic amines) is 1. The number of benzene rings is 1. The van der Waals surface area contributed by atoms with Crippen molar-refractivity contribution in [2.75, 3.05) is 13.7 Å². The van der Waals surface area contributed by atoms with Crippen LogP contribution in [0.4, 0.5) is 0 Å². The summed E-state index contributed by atoms with van der Waals surface area (Å²) >= 11 is 0. The molecule has 1 spiro atoms. The van der Waals surface area contributed by atoms with E-state index in [-0.39, 0.29) is 30.4 Å². The van der Waals surface area contributed by atoms with Crippen LogP contribution in [0.2, 0.25) is 0 Å². The molecule has 0 saturated carbocycles. The molecule has 3 fully saturated rings. The van der Waals surface area contributed by atoms with Crippen LogP contribution in [0.1, 0.15) is 52.0 Å². The van der Waals surface area contributed by atoms with Gasteiger partial charge in [-0.3, -0.25) is 14.4 Å². The highest BCUT2D eigenvalue weighted by Gasteiger charge is 2.78. The largest absolute Gasteiger partial charge is 0.394 e. The number of aliphatic hydroxyl groups is 1. The highest BCUT2D eigenvalue weighted by molar-refractivity contribution is 5.99. The Morgan fingerprint density at radius 1 is 1.24 bits per heavy atom. The molecule has 3 N–H and O–H groups in total. The predicted molar refractivity (Wildman–Crippen MR) is 127 cm³/mol. The number of carbonyl (C=O) groups excluding carboxylic acids is 3. The van der Waals surface area contributed by atoms with Crippen molar-refractivity contribution in [1.82, 2.24) is 15.5 Å². The van der Waals surface area contributed by atoms with Crippen LogP contribution in [0.3, 0.4) is 0 Å². The maximum Gasteiger partial charge on any atom is 0.246 e. The standard InChI is InChI=1S/C26H37N3O5/c1-5-9-16(2)28-23(32)21-26-13-12-25(3,34-26)19(22(31)27-4)20(26)24(33)29(21)18(15-30)14-17-10-7-6-8-11-17/h6-8,10-11,16,18-21,30H,5,9,12-15H2,1-4H3,(H,27,31)(H,28,32)/t16?,18-,19+,20+,21?,25-,26?/m1/s1. The van der Waals surface area contributed by atoms with E-state index < -0.39 is 35.1 Å². The van der Waals surface area contributed by atoms with E-state index in [1.807, 2.05) is 44.2 Å². The normalized spacial score (nSPS) is 33.5. The van der Waals surface area contributed by atoms with Gasteiger partial charge in [0, 0.05) is 13.1 Å². The van der Waals surface area contributed by atoms with E-state index in [1.54, 1.807) is 7.05 Å². The Morgan fingerprint density at radius 2 is 1.94 bits per heavy atom. The van der Waals surface area contributed by atoms with E-state index in [0.29, 0.717) is 19.3 Å². The first kappa shape index (κ1) is 24.7. The van der Waals surface area contributed by atoms with Crippen molar-refractivity contribution in [3.8, 4) is 0 Å². The molecule has 7 atom stereocenters. The highest BCUT2D eigenvalue weighted by atomic mass is 16.5. The van der Waals surface area contributed by atoms with E-state index in [9.17, 15) is 19.5 Å². The molecule has 1 aromatic carbocycles. The second kappa shape index (κ2) is 9.30. The molecule has 1 aromatic rings. The summed E-state index contributed by atoms with van der Waals surface area (Å²) in [5.74, 6) is -2.23. The van der Waals surface area contributed by atoms with Crippen molar-refractivity contribution in [1.29, 1.82) is 0 Å². The minimum absolute atomic E-state index is 0.0597. The van der Waals surface area contributed by atoms with Gasteiger partial charge < -0.3 is 25.4 Å². The summed E-state index contributed by atoms with van der Waals surface area (Å²) < 4.78 is 6.56. The molecule has 0 aromatic heterocycles. The molecule has 0 aliphatic carbocycles. The molecular formula is C26H37N3O5. The number of nitrogens with one attached hydrogen (secondary N) is 2. The summed E-state index contributed by atoms with van der Waals surface area (Å²) in [4.78, 5) is 42.3. The number of aliphatic hydroxyl groups excluding tert-OH is 1. The maximum absolute atomic E-state index is 14.0. The summed E-state index contributed by atoms with van der Waals surface area (Å²) in [6, 6.07) is 8.05. The van der Waals surface area contributed by atoms with Gasteiger partial charge >= 0.3 is 0 Å². The summed E-state index contributed by atoms with van der Waals surface area (Å²) in [5.41, 5.74) is -0.917. The smallest absolute Gasteiger partial charge is 0.246 e. The van der Waals surface area contributed by atoms with Crippen LogP contribution in [-0.2, 0) is 25.5 Å². The van der Waals surface area contributed by atoms with E-state index in [0.717, 1.165) is 18.4 Å². The van der Waals surface area contributed by atoms with Gasteiger partial charge in [-0.05, 0) is 45.1 Å². The third-order valence-corrected chi connectivity index (χ3v) is 8.02. The molecule has 3 unspecified atom stereocenters. The van der Waals surface area contributed by atoms with Gasteiger partial charge in [-0.1, -0.05) is 43.7 Å². The zero-order chi connectivity index (χ0) is 24.7. The first-order valence-corrected chi connectivity index (χ1v) is 12.4. The first-order valence-electron chi connectivity index (χ1n) is 12.4. The first-order chi connectivity index (χ1) is 16.2. The number of fused-ring (bicyclic) bond motifs is 1. The second-order valence-electron chi connectivity index (χ2n) is 10.3. The number of carbonyl (C=O) groups is 3. The summed E-state index contributed by atoms with van der Waals surface area (Å²) in [6.07, 6.45) is 3.26. The van der Waals surface area contributed by atoms with Crippen molar-refractivity contribution in [3.05, 3.63) is 35.9 Å². The third-order valence-electron chi connectivity index (χ3n) is 8.02. The number of hydrogen-bond acceptors (Lipinski definition) is 5. The van der Waals surface area contributed by atoms with Gasteiger partial charge in [0.2, 0.25) is 17.7 Å². The van der Waals surface area contributed by atoms with Gasteiger partial charge in [-0.25, -0.2) is 0 Å². The lowest BCUT2D eigenvalue weighted by molar-refractivity contribution is -0.149. The average molecular weight is 472 g/mol. The SMILES string of the molecule is CCCC(C)NC(=O)C1N([C@@H](CO)Cc2ccccc2)C(=O)[C@@H]2[C@@H](C(=O)NC)[C@@]3(C)CCC12O3. The van der Waals surface area contributed by atoms with Crippen molar-refractivity contribution in [3.63, 3.8) is 0 Å². The van der Waals surface area contributed by atoms with Gasteiger partial charge in [-0.2, -0.15) is 0 Å². The molecule has 0 radical (unpaired) electrons. The van der Waals surface area contributed by atoms with Gasteiger partial charge in [0.25, 0.3) is 0 Å². The fourth-order valence-electron chi connectivity index (χ4n) is 6.58. The van der Waals surface area contributed by atoms with Gasteiger partial charge in [0.1, 0.15) is 11.6 Å². The van der Waals surface area contributed by atoms with Crippen molar-refractivity contribution >= 4 is 17.7 Å². The molecule has 2 bridgehead atoms. The van der Waals surface area contributed by atoms with E-state index >= 15 is 0 Å². The Bertz CT molecular complexity index is 940. The topological polar surface area (TPSA) is 108 Å². The monoisotopic (exact) mass is 471 g/mol. The van der Waals surface area contributed by atoms with Gasteiger partial charge in [0.15, 0.2) is 0 Å². The third kappa shape index (κ3) is 3.81. The lowest BCUT2D eigenvalue weighted by Crippen LogP contribution is -2.59. The number of rotatable bonds is 9. The van der Waals surface area contributed by atoms with Crippen LogP contribution in [0.15, 0.2) is 30.3 Å². The van der Waals surface area contributed by atoms with Crippen LogP contribution in [0.25, 0.3) is 0 Å². The Kier molecular flexibility index (Phi) is 6.75. The minimum atomic E-state index is -1.08. The quantitative estimate of drug-likeness (QED) is 0.505. The Hall–Kier alpha value is -2.45. The molecule has 8 heteroatoms. The van der Waals surface area contributed by atoms with Crippen molar-refractivity contribution in [2.24, 2.45) is 11.8 Å². The summed E-state index contributed by atoms with van der Waals surface area (Å²) in [7, 11) is 1.56. The molecular weight excluding hydrogens is 434 g/mol. The Balaban J connectivity index is 1.76. The molecule has 3 aliphatic rings. The summed E-state index contributed by atoms with van der Waals surface area (Å²) in [5, 5.41) is 16.2. The van der Waals surface area contributed by atoms with Crippen molar-refractivity contribution < 1.29 is 24.2 Å². The minimum Gasteiger partial charge on any atom is -0.394 e. The number of amides is 3. The van der Waals surface area contributed by atoms with E-state index in [1.165, 1.54) is 4.90 Å². The number of ether oxygens (including phenoxy) is 1. The Labute approximate surface area is 201 Å². The average Bonchev–Trinajstić information content (AvgIpc) is 3.38. The van der Waals surface area contributed by atoms with Crippen LogP contribution < -0.4 is 10.6 Å². The zero-order valence-electron chi connectivity index (χ0n) is 20.5. The highest BCUT2D eigenvalue weighted by Crippen LogP contribution is 2.63. The Morgan fingerprint density at radius 3 is 2.56 bits per heavy atom. The molecule has 3 amide bonds. The number of hydrogen-bond donors (Lipinski definition) is 3. The molecule has 3 heterocycles.